The quantitative estimate of drug-likeness (QED) is 0.899. The van der Waals surface area contributed by atoms with E-state index in [2.05, 4.69) is 30.3 Å². The van der Waals surface area contributed by atoms with Crippen LogP contribution in [-0.4, -0.2) is 22.0 Å². The molecular formula is C15H23N3O. The first kappa shape index (κ1) is 13.6. The molecule has 2 aromatic rings. The summed E-state index contributed by atoms with van der Waals surface area (Å²) in [5.74, 6) is 0.522. The maximum absolute atomic E-state index is 11.8. The van der Waals surface area contributed by atoms with Crippen molar-refractivity contribution in [2.75, 3.05) is 6.54 Å². The second-order valence-corrected chi connectivity index (χ2v) is 4.87. The van der Waals surface area contributed by atoms with Crippen LogP contribution in [0.25, 0.3) is 10.9 Å². The third-order valence-corrected chi connectivity index (χ3v) is 3.54. The number of carbonyl (C=O) groups excluding carboxylic acids is 1. The van der Waals surface area contributed by atoms with Crippen molar-refractivity contribution in [2.24, 2.45) is 0 Å². The molecule has 19 heavy (non-hydrogen) atoms. The monoisotopic (exact) mass is 261 g/mol. The molecule has 0 aliphatic carbocycles. The van der Waals surface area contributed by atoms with Gasteiger partial charge in [-0.1, -0.05) is 13.8 Å². The second kappa shape index (κ2) is 5.87. The Bertz CT molecular complexity index is 580. The molecule has 2 heterocycles. The van der Waals surface area contributed by atoms with E-state index in [1.165, 1.54) is 5.56 Å². The number of amides is 1. The molecule has 4 heteroatoms. The van der Waals surface area contributed by atoms with Crippen LogP contribution in [0, 0.1) is 0 Å². The molecule has 4 nitrogen and oxygen atoms in total. The van der Waals surface area contributed by atoms with E-state index in [-0.39, 0.29) is 7.33 Å². The molecular weight excluding hydrogens is 238 g/mol. The van der Waals surface area contributed by atoms with Crippen molar-refractivity contribution >= 4 is 16.8 Å². The highest BCUT2D eigenvalue weighted by Gasteiger charge is 2.14. The lowest BCUT2D eigenvalue weighted by molar-refractivity contribution is -0.121. The van der Waals surface area contributed by atoms with E-state index in [9.17, 15) is 4.79 Å². The van der Waals surface area contributed by atoms with Gasteiger partial charge in [-0.3, -0.25) is 9.78 Å². The Kier molecular flexibility index (Phi) is 4.20. The molecule has 1 amide bonds. The number of fused-ring (bicyclic) bond motifs is 1. The van der Waals surface area contributed by atoms with Crippen LogP contribution in [0.15, 0.2) is 24.7 Å². The lowest BCUT2D eigenvalue weighted by Crippen LogP contribution is -2.26. The number of hydrogen-bond acceptors (Lipinski definition) is 2. The smallest absolute Gasteiger partial charge is 0.239 e. The van der Waals surface area contributed by atoms with Crippen LogP contribution in [0.3, 0.4) is 0 Å². The lowest BCUT2D eigenvalue weighted by atomic mass is 9.99. The van der Waals surface area contributed by atoms with Crippen molar-refractivity contribution in [1.29, 1.82) is 0 Å². The summed E-state index contributed by atoms with van der Waals surface area (Å²) in [5.41, 5.74) is 2.35. The number of carbonyl (C=O) groups is 1. The van der Waals surface area contributed by atoms with E-state index in [1.54, 1.807) is 6.20 Å². The molecule has 0 bridgehead atoms. The Morgan fingerprint density at radius 2 is 2.32 bits per heavy atom. The molecule has 0 spiro atoms. The van der Waals surface area contributed by atoms with E-state index in [4.69, 9.17) is 0 Å². The van der Waals surface area contributed by atoms with E-state index >= 15 is 0 Å². The van der Waals surface area contributed by atoms with Crippen LogP contribution in [0.5, 0.6) is 0 Å². The molecule has 0 aromatic carbocycles. The van der Waals surface area contributed by atoms with Gasteiger partial charge in [-0.2, -0.15) is 0 Å². The summed E-state index contributed by atoms with van der Waals surface area (Å²) in [7, 11) is 0. The van der Waals surface area contributed by atoms with Gasteiger partial charge in [0.2, 0.25) is 5.91 Å². The fourth-order valence-corrected chi connectivity index (χ4v) is 2.32. The topological polar surface area (TPSA) is 46.9 Å². The predicted octanol–water partition coefficient (Wildman–Crippen LogP) is 2.93. The van der Waals surface area contributed by atoms with Crippen LogP contribution < -0.4 is 5.32 Å². The molecule has 2 aromatic heterocycles. The summed E-state index contributed by atoms with van der Waals surface area (Å²) in [6.45, 7) is 7.34. The molecule has 0 aliphatic heterocycles. The van der Waals surface area contributed by atoms with E-state index in [0.29, 0.717) is 19.0 Å². The number of nitrogens with zero attached hydrogens (tertiary/aromatic N) is 2. The molecule has 104 valence electrons. The molecule has 0 aliphatic rings. The molecule has 1 N–H and O–H groups in total. The standard InChI is InChI=1S/C15H21N3O.H2/c1-4-11(3)13-9-18(10-15(19)17-5-2)14-6-7-16-8-12(13)14;/h6-9,11H,4-5,10H2,1-3H3,(H,17,19);1H. The lowest BCUT2D eigenvalue weighted by Gasteiger charge is -2.06. The minimum absolute atomic E-state index is 0. The van der Waals surface area contributed by atoms with Crippen molar-refractivity contribution in [1.82, 2.24) is 14.9 Å². The van der Waals surface area contributed by atoms with Crippen molar-refractivity contribution in [3.8, 4) is 0 Å². The van der Waals surface area contributed by atoms with Gasteiger partial charge < -0.3 is 9.88 Å². The third-order valence-electron chi connectivity index (χ3n) is 3.54. The van der Waals surface area contributed by atoms with Crippen LogP contribution in [0.1, 0.15) is 40.1 Å². The van der Waals surface area contributed by atoms with Gasteiger partial charge in [0.15, 0.2) is 0 Å². The molecule has 1 unspecified atom stereocenters. The Morgan fingerprint density at radius 3 is 3.00 bits per heavy atom. The van der Waals surface area contributed by atoms with Gasteiger partial charge >= 0.3 is 0 Å². The van der Waals surface area contributed by atoms with Crippen LogP contribution in [0.4, 0.5) is 0 Å². The highest BCUT2D eigenvalue weighted by Crippen LogP contribution is 2.28. The molecule has 0 radical (unpaired) electrons. The summed E-state index contributed by atoms with van der Waals surface area (Å²) >= 11 is 0. The first-order chi connectivity index (χ1) is 9.17. The predicted molar refractivity (Wildman–Crippen MR) is 79.2 cm³/mol. The molecule has 2 rings (SSSR count). The van der Waals surface area contributed by atoms with Crippen LogP contribution >= 0.6 is 0 Å². The van der Waals surface area contributed by atoms with Gasteiger partial charge in [-0.15, -0.1) is 0 Å². The zero-order chi connectivity index (χ0) is 13.8. The van der Waals surface area contributed by atoms with E-state index < -0.39 is 0 Å². The number of nitrogens with one attached hydrogen (secondary N) is 1. The Hall–Kier alpha value is -1.84. The van der Waals surface area contributed by atoms with Gasteiger partial charge in [-0.25, -0.2) is 0 Å². The van der Waals surface area contributed by atoms with Gasteiger partial charge in [-0.05, 0) is 30.9 Å². The largest absolute Gasteiger partial charge is 0.355 e. The number of likely N-dealkylation sites (N-methyl/N-ethyl adjacent to an activating group) is 1. The van der Waals surface area contributed by atoms with E-state index in [0.717, 1.165) is 17.3 Å². The van der Waals surface area contributed by atoms with Gasteiger partial charge in [0.25, 0.3) is 0 Å². The van der Waals surface area contributed by atoms with E-state index in [1.807, 2.05) is 23.8 Å². The summed E-state index contributed by atoms with van der Waals surface area (Å²) in [6, 6.07) is 1.97. The SMILES string of the molecule is CCNC(=O)Cn1cc(C(C)CC)c2cnccc21.[HH]. The molecule has 0 saturated heterocycles. The van der Waals surface area contributed by atoms with Crippen molar-refractivity contribution in [3.63, 3.8) is 0 Å². The molecule has 1 atom stereocenters. The third kappa shape index (κ3) is 2.78. The maximum Gasteiger partial charge on any atom is 0.239 e. The summed E-state index contributed by atoms with van der Waals surface area (Å²) in [4.78, 5) is 16.0. The zero-order valence-corrected chi connectivity index (χ0v) is 11.8. The summed E-state index contributed by atoms with van der Waals surface area (Å²) < 4.78 is 2.02. The summed E-state index contributed by atoms with van der Waals surface area (Å²) in [5, 5.41) is 3.99. The van der Waals surface area contributed by atoms with Crippen LogP contribution in [0.2, 0.25) is 0 Å². The maximum atomic E-state index is 11.8. The molecule has 0 saturated carbocycles. The zero-order valence-electron chi connectivity index (χ0n) is 11.8. The number of aromatic nitrogens is 2. The number of rotatable bonds is 5. The first-order valence-electron chi connectivity index (χ1n) is 6.86. The Morgan fingerprint density at radius 1 is 1.53 bits per heavy atom. The highest BCUT2D eigenvalue weighted by atomic mass is 16.1. The second-order valence-electron chi connectivity index (χ2n) is 4.87. The summed E-state index contributed by atoms with van der Waals surface area (Å²) in [6.07, 6.45) is 6.84. The number of hydrogen-bond donors (Lipinski definition) is 1. The minimum Gasteiger partial charge on any atom is -0.355 e. The normalized spacial score (nSPS) is 12.6. The molecule has 0 fully saturated rings. The van der Waals surface area contributed by atoms with Gasteiger partial charge in [0.05, 0.1) is 5.52 Å². The van der Waals surface area contributed by atoms with Crippen molar-refractivity contribution < 1.29 is 6.22 Å². The fraction of sp³-hybridized carbons (Fsp3) is 0.467. The average Bonchev–Trinajstić information content (AvgIpc) is 2.77. The Balaban J connectivity index is 0.00000200. The highest BCUT2D eigenvalue weighted by molar-refractivity contribution is 5.85. The van der Waals surface area contributed by atoms with Gasteiger partial charge in [0.1, 0.15) is 6.54 Å². The van der Waals surface area contributed by atoms with Crippen molar-refractivity contribution in [3.05, 3.63) is 30.2 Å². The van der Waals surface area contributed by atoms with Crippen LogP contribution in [-0.2, 0) is 11.3 Å². The Labute approximate surface area is 115 Å². The fourth-order valence-electron chi connectivity index (χ4n) is 2.32. The van der Waals surface area contributed by atoms with Crippen molar-refractivity contribution in [2.45, 2.75) is 39.7 Å². The minimum atomic E-state index is 0. The average molecular weight is 261 g/mol. The van der Waals surface area contributed by atoms with Gasteiger partial charge in [0, 0.05) is 31.9 Å². The number of pyridine rings is 1. The first-order valence-corrected chi connectivity index (χ1v) is 6.86.